The van der Waals surface area contributed by atoms with Gasteiger partial charge in [-0.1, -0.05) is 17.7 Å². The summed E-state index contributed by atoms with van der Waals surface area (Å²) in [7, 11) is -0.219. The topological polar surface area (TPSA) is 31.4 Å². The van der Waals surface area contributed by atoms with Crippen LogP contribution in [0.5, 0.6) is 0 Å². The van der Waals surface area contributed by atoms with Crippen LogP contribution in [0, 0.1) is 0 Å². The van der Waals surface area contributed by atoms with Crippen LogP contribution in [-0.4, -0.2) is 23.3 Å². The normalized spacial score (nSPS) is 21.8. The van der Waals surface area contributed by atoms with Gasteiger partial charge in [-0.25, -0.2) is 4.98 Å². The predicted molar refractivity (Wildman–Crippen MR) is 69.0 cm³/mol. The summed E-state index contributed by atoms with van der Waals surface area (Å²) >= 11 is 5.75. The maximum Gasteiger partial charge on any atom is 0.462 e. The Kier molecular flexibility index (Phi) is 3.23. The Balaban J connectivity index is 2.05. The van der Waals surface area contributed by atoms with Gasteiger partial charge in [-0.3, -0.25) is 0 Å². The van der Waals surface area contributed by atoms with Gasteiger partial charge >= 0.3 is 7.12 Å². The van der Waals surface area contributed by atoms with Crippen LogP contribution in [0.15, 0.2) is 18.3 Å². The van der Waals surface area contributed by atoms with Crippen LogP contribution in [0.3, 0.4) is 0 Å². The first kappa shape index (κ1) is 12.9. The summed E-state index contributed by atoms with van der Waals surface area (Å²) in [4.78, 5) is 4.05. The van der Waals surface area contributed by atoms with Gasteiger partial charge in [0.1, 0.15) is 5.15 Å². The lowest BCUT2D eigenvalue weighted by atomic mass is 9.81. The molecule has 0 unspecified atom stereocenters. The van der Waals surface area contributed by atoms with E-state index in [1.165, 1.54) is 0 Å². The van der Waals surface area contributed by atoms with E-state index in [0.29, 0.717) is 11.5 Å². The van der Waals surface area contributed by atoms with Gasteiger partial charge in [0.25, 0.3) is 0 Å². The highest BCUT2D eigenvalue weighted by molar-refractivity contribution is 6.45. The molecule has 3 nitrogen and oxygen atoms in total. The molecule has 1 saturated heterocycles. The second-order valence-corrected chi connectivity index (χ2v) is 5.77. The van der Waals surface area contributed by atoms with Gasteiger partial charge in [0.2, 0.25) is 0 Å². The van der Waals surface area contributed by atoms with Crippen molar-refractivity contribution in [3.8, 4) is 0 Å². The predicted octanol–water partition coefficient (Wildman–Crippen LogP) is 2.91. The molecule has 0 radical (unpaired) electrons. The fraction of sp³-hybridized carbons (Fsp3) is 0.583. The van der Waals surface area contributed by atoms with Crippen molar-refractivity contribution in [2.75, 3.05) is 0 Å². The molecule has 2 rings (SSSR count). The van der Waals surface area contributed by atoms with Crippen molar-refractivity contribution >= 4 is 18.7 Å². The summed E-state index contributed by atoms with van der Waals surface area (Å²) in [6.45, 7) is 8.19. The van der Waals surface area contributed by atoms with Gasteiger partial charge in [0.15, 0.2) is 0 Å². The molecule has 2 heterocycles. The molecule has 0 aliphatic carbocycles. The maximum absolute atomic E-state index is 5.92. The van der Waals surface area contributed by atoms with Crippen molar-refractivity contribution in [2.45, 2.75) is 45.2 Å². The molecule has 5 heteroatoms. The Morgan fingerprint density at radius 1 is 1.18 bits per heavy atom. The number of hydrogen-bond acceptors (Lipinski definition) is 3. The average Bonchev–Trinajstić information content (AvgIpc) is 2.39. The number of nitrogens with zero attached hydrogens (tertiary/aromatic N) is 1. The maximum atomic E-state index is 5.92. The van der Waals surface area contributed by atoms with Crippen molar-refractivity contribution in [1.29, 1.82) is 0 Å². The minimum absolute atomic E-state index is 0.219. The van der Waals surface area contributed by atoms with Crippen molar-refractivity contribution in [3.05, 3.63) is 29.0 Å². The number of aromatic nitrogens is 1. The van der Waals surface area contributed by atoms with Crippen LogP contribution in [0.25, 0.3) is 0 Å². The van der Waals surface area contributed by atoms with Gasteiger partial charge < -0.3 is 9.31 Å². The second kappa shape index (κ2) is 4.27. The number of rotatable bonds is 2. The van der Waals surface area contributed by atoms with Gasteiger partial charge in [-0.2, -0.15) is 0 Å². The van der Waals surface area contributed by atoms with Crippen LogP contribution >= 0.6 is 11.6 Å². The Labute approximate surface area is 108 Å². The zero-order valence-electron chi connectivity index (χ0n) is 10.7. The van der Waals surface area contributed by atoms with Crippen molar-refractivity contribution in [2.24, 2.45) is 0 Å². The molecule has 17 heavy (non-hydrogen) atoms. The van der Waals surface area contributed by atoms with E-state index in [1.54, 1.807) is 12.3 Å². The molecule has 0 N–H and O–H groups in total. The fourth-order valence-electron chi connectivity index (χ4n) is 1.77. The van der Waals surface area contributed by atoms with E-state index in [0.717, 1.165) is 5.56 Å². The molecule has 0 bridgehead atoms. The third-order valence-corrected chi connectivity index (χ3v) is 3.72. The van der Waals surface area contributed by atoms with Crippen LogP contribution < -0.4 is 0 Å². The molecule has 1 fully saturated rings. The van der Waals surface area contributed by atoms with E-state index in [2.05, 4.69) is 4.98 Å². The Bertz CT molecular complexity index is 389. The van der Waals surface area contributed by atoms with Gasteiger partial charge in [0, 0.05) is 12.5 Å². The zero-order valence-corrected chi connectivity index (χ0v) is 11.4. The molecule has 0 atom stereocenters. The molecule has 1 aliphatic heterocycles. The van der Waals surface area contributed by atoms with Gasteiger partial charge in [-0.05, 0) is 39.3 Å². The summed E-state index contributed by atoms with van der Waals surface area (Å²) in [5.41, 5.74) is 0.502. The summed E-state index contributed by atoms with van der Waals surface area (Å²) < 4.78 is 11.8. The molecule has 0 aromatic carbocycles. The molecule has 0 amide bonds. The number of hydrogen-bond donors (Lipinski definition) is 0. The first-order valence-corrected chi connectivity index (χ1v) is 6.14. The highest BCUT2D eigenvalue weighted by Gasteiger charge is 2.50. The summed E-state index contributed by atoms with van der Waals surface area (Å²) in [5, 5.41) is 0.502. The molecule has 1 aromatic rings. The van der Waals surface area contributed by atoms with Gasteiger partial charge in [0.05, 0.1) is 11.2 Å². The van der Waals surface area contributed by atoms with Crippen molar-refractivity contribution < 1.29 is 9.31 Å². The van der Waals surface area contributed by atoms with Crippen molar-refractivity contribution in [1.82, 2.24) is 4.98 Å². The zero-order chi connectivity index (χ0) is 12.7. The number of pyridine rings is 1. The van der Waals surface area contributed by atoms with E-state index >= 15 is 0 Å². The van der Waals surface area contributed by atoms with E-state index < -0.39 is 0 Å². The summed E-state index contributed by atoms with van der Waals surface area (Å²) in [5.74, 6) is 0. The molecular formula is C12H17BClNO2. The number of halogens is 1. The lowest BCUT2D eigenvalue weighted by Gasteiger charge is -2.32. The minimum Gasteiger partial charge on any atom is -0.403 e. The third-order valence-electron chi connectivity index (χ3n) is 3.49. The highest BCUT2D eigenvalue weighted by Crippen LogP contribution is 2.37. The fourth-order valence-corrected chi connectivity index (χ4v) is 1.88. The van der Waals surface area contributed by atoms with Crippen LogP contribution in [0.2, 0.25) is 5.15 Å². The quantitative estimate of drug-likeness (QED) is 0.600. The minimum atomic E-state index is -0.280. The Morgan fingerprint density at radius 2 is 1.76 bits per heavy atom. The molecule has 1 aromatic heterocycles. The Hall–Kier alpha value is -0.575. The first-order valence-electron chi connectivity index (χ1n) is 5.76. The lowest BCUT2D eigenvalue weighted by molar-refractivity contribution is 0.00578. The van der Waals surface area contributed by atoms with E-state index in [4.69, 9.17) is 20.9 Å². The summed E-state index contributed by atoms with van der Waals surface area (Å²) in [6, 6.07) is 3.72. The van der Waals surface area contributed by atoms with Crippen molar-refractivity contribution in [3.63, 3.8) is 0 Å². The van der Waals surface area contributed by atoms with Crippen LogP contribution in [0.4, 0.5) is 0 Å². The monoisotopic (exact) mass is 253 g/mol. The van der Waals surface area contributed by atoms with Crippen LogP contribution in [0.1, 0.15) is 33.3 Å². The molecular weight excluding hydrogens is 236 g/mol. The average molecular weight is 254 g/mol. The molecule has 0 spiro atoms. The van der Waals surface area contributed by atoms with E-state index in [9.17, 15) is 0 Å². The van der Waals surface area contributed by atoms with Crippen LogP contribution in [-0.2, 0) is 15.6 Å². The smallest absolute Gasteiger partial charge is 0.403 e. The lowest BCUT2D eigenvalue weighted by Crippen LogP contribution is -2.41. The molecule has 1 aliphatic rings. The van der Waals surface area contributed by atoms with E-state index in [-0.39, 0.29) is 18.3 Å². The molecule has 0 saturated carbocycles. The molecule has 92 valence electrons. The largest absolute Gasteiger partial charge is 0.462 e. The first-order chi connectivity index (χ1) is 7.80. The standard InChI is InChI=1S/C12H17BClNO2/c1-11(2)12(3,4)17-13(16-11)7-9-5-6-10(14)15-8-9/h5-6,8H,7H2,1-4H3. The SMILES string of the molecule is CC1(C)OB(Cc2ccc(Cl)nc2)OC1(C)C. The van der Waals surface area contributed by atoms with Gasteiger partial charge in [-0.15, -0.1) is 0 Å². The van der Waals surface area contributed by atoms with E-state index in [1.807, 2.05) is 33.8 Å². The second-order valence-electron chi connectivity index (χ2n) is 5.38. The third kappa shape index (κ3) is 2.64. The Morgan fingerprint density at radius 3 is 2.24 bits per heavy atom. The summed E-state index contributed by atoms with van der Waals surface area (Å²) in [6.07, 6.45) is 2.45. The highest BCUT2D eigenvalue weighted by atomic mass is 35.5.